The highest BCUT2D eigenvalue weighted by molar-refractivity contribution is 5.89. The van der Waals surface area contributed by atoms with E-state index in [9.17, 15) is 4.79 Å². The van der Waals surface area contributed by atoms with Crippen LogP contribution in [0.2, 0.25) is 0 Å². The number of methoxy groups -OCH3 is 1. The number of H-pyrrole nitrogens is 1. The van der Waals surface area contributed by atoms with E-state index < -0.39 is 0 Å². The number of fused-ring (bicyclic) bond motifs is 1. The van der Waals surface area contributed by atoms with Gasteiger partial charge in [0.05, 0.1) is 7.11 Å². The number of nitrogens with zero attached hydrogens (tertiary/aromatic N) is 3. The molecule has 3 rings (SSSR count). The van der Waals surface area contributed by atoms with Gasteiger partial charge in [-0.05, 0) is 50.0 Å². The van der Waals surface area contributed by atoms with Crippen molar-refractivity contribution < 1.29 is 9.53 Å². The summed E-state index contributed by atoms with van der Waals surface area (Å²) in [5.41, 5.74) is 2.26. The van der Waals surface area contributed by atoms with E-state index in [1.54, 1.807) is 26.1 Å². The van der Waals surface area contributed by atoms with Gasteiger partial charge in [-0.2, -0.15) is 0 Å². The second kappa shape index (κ2) is 11.0. The minimum absolute atomic E-state index is 0.0153. The molecule has 1 aromatic heterocycles. The molecule has 1 aliphatic heterocycles. The number of hydrogen-bond donors (Lipinski definition) is 3. The lowest BCUT2D eigenvalue weighted by Gasteiger charge is -2.24. The number of rotatable bonds is 9. The zero-order chi connectivity index (χ0) is 22.2. The van der Waals surface area contributed by atoms with Crippen molar-refractivity contribution >= 4 is 22.8 Å². The van der Waals surface area contributed by atoms with Gasteiger partial charge in [0.1, 0.15) is 12.3 Å². The molecule has 0 spiro atoms. The number of aromatic amines is 1. The highest BCUT2D eigenvalue weighted by Gasteiger charge is 2.22. The second-order valence-electron chi connectivity index (χ2n) is 8.13. The summed E-state index contributed by atoms with van der Waals surface area (Å²) in [6, 6.07) is 6.53. The largest absolute Gasteiger partial charge is 0.496 e. The molecular weight excluding hydrogens is 392 g/mol. The van der Waals surface area contributed by atoms with Crippen molar-refractivity contribution in [2.45, 2.75) is 32.2 Å². The summed E-state index contributed by atoms with van der Waals surface area (Å²) in [5.74, 6) is 1.54. The van der Waals surface area contributed by atoms with Crippen molar-refractivity contribution in [2.75, 3.05) is 53.9 Å². The molecule has 0 radical (unpaired) electrons. The van der Waals surface area contributed by atoms with Crippen LogP contribution >= 0.6 is 0 Å². The smallest absolute Gasteiger partial charge is 0.243 e. The molecule has 1 saturated heterocycles. The topological polar surface area (TPSA) is 85.0 Å². The van der Waals surface area contributed by atoms with E-state index in [1.165, 1.54) is 18.4 Å². The fourth-order valence-corrected chi connectivity index (χ4v) is 4.12. The molecule has 2 aromatic rings. The Morgan fingerprint density at radius 3 is 2.94 bits per heavy atom. The Balaban J connectivity index is 1.62. The number of likely N-dealkylation sites (tertiary alicyclic amines) is 1. The van der Waals surface area contributed by atoms with E-state index in [0.29, 0.717) is 18.5 Å². The van der Waals surface area contributed by atoms with Crippen molar-refractivity contribution in [3.63, 3.8) is 0 Å². The van der Waals surface area contributed by atoms with E-state index in [4.69, 9.17) is 4.74 Å². The van der Waals surface area contributed by atoms with Crippen LogP contribution in [0.3, 0.4) is 0 Å². The SMILES string of the molecule is CCN1CCCC1CNC(=NCC(=O)N(C)C)NCCc1c[nH]c2cccc(OC)c12. The molecule has 0 bridgehead atoms. The van der Waals surface area contributed by atoms with Crippen LogP contribution in [0.15, 0.2) is 29.4 Å². The number of guanidine groups is 1. The van der Waals surface area contributed by atoms with Crippen LogP contribution < -0.4 is 15.4 Å². The number of ether oxygens (including phenoxy) is 1. The number of carbonyl (C=O) groups is 1. The molecule has 1 aromatic carbocycles. The van der Waals surface area contributed by atoms with Gasteiger partial charge in [-0.1, -0.05) is 13.0 Å². The van der Waals surface area contributed by atoms with Crippen molar-refractivity contribution in [3.8, 4) is 5.75 Å². The first kappa shape index (κ1) is 22.9. The molecule has 31 heavy (non-hydrogen) atoms. The van der Waals surface area contributed by atoms with Gasteiger partial charge in [-0.3, -0.25) is 9.69 Å². The average Bonchev–Trinajstić information content (AvgIpc) is 3.41. The Kier molecular flexibility index (Phi) is 8.17. The van der Waals surface area contributed by atoms with Gasteiger partial charge in [0.15, 0.2) is 5.96 Å². The number of aliphatic imine (C=N–C) groups is 1. The van der Waals surface area contributed by atoms with Crippen molar-refractivity contribution in [1.82, 2.24) is 25.4 Å². The number of amides is 1. The number of nitrogens with one attached hydrogen (secondary N) is 3. The number of benzene rings is 1. The van der Waals surface area contributed by atoms with Gasteiger partial charge in [-0.15, -0.1) is 0 Å². The number of hydrogen-bond acceptors (Lipinski definition) is 4. The molecule has 1 aliphatic rings. The number of aromatic nitrogens is 1. The van der Waals surface area contributed by atoms with Crippen LogP contribution in [-0.2, 0) is 11.2 Å². The van der Waals surface area contributed by atoms with Gasteiger partial charge in [0.25, 0.3) is 0 Å². The minimum Gasteiger partial charge on any atom is -0.496 e. The van der Waals surface area contributed by atoms with Gasteiger partial charge in [0, 0.05) is 50.3 Å². The number of carbonyl (C=O) groups excluding carboxylic acids is 1. The lowest BCUT2D eigenvalue weighted by molar-refractivity contribution is -0.127. The molecule has 8 nitrogen and oxygen atoms in total. The van der Waals surface area contributed by atoms with E-state index in [0.717, 1.165) is 42.7 Å². The summed E-state index contributed by atoms with van der Waals surface area (Å²) >= 11 is 0. The Morgan fingerprint density at radius 1 is 1.35 bits per heavy atom. The molecule has 1 fully saturated rings. The standard InChI is InChI=1S/C23H36N6O2/c1-5-29-13-7-8-18(29)15-26-23(27-16-21(30)28(2)3)24-12-11-17-14-25-19-9-6-10-20(31-4)22(17)19/h6,9-10,14,18,25H,5,7-8,11-13,15-16H2,1-4H3,(H2,24,26,27). The minimum atomic E-state index is -0.0153. The second-order valence-corrected chi connectivity index (χ2v) is 8.13. The maximum Gasteiger partial charge on any atom is 0.243 e. The Bertz CT molecular complexity index is 891. The molecule has 2 heterocycles. The summed E-state index contributed by atoms with van der Waals surface area (Å²) in [6.07, 6.45) is 5.28. The first-order valence-corrected chi connectivity index (χ1v) is 11.1. The predicted molar refractivity (Wildman–Crippen MR) is 126 cm³/mol. The quantitative estimate of drug-likeness (QED) is 0.419. The molecule has 170 valence electrons. The maximum absolute atomic E-state index is 12.0. The zero-order valence-corrected chi connectivity index (χ0v) is 19.2. The summed E-state index contributed by atoms with van der Waals surface area (Å²) < 4.78 is 5.53. The van der Waals surface area contributed by atoms with E-state index in [1.807, 2.05) is 18.3 Å². The summed E-state index contributed by atoms with van der Waals surface area (Å²) in [6.45, 7) is 6.09. The van der Waals surface area contributed by atoms with Gasteiger partial charge in [-0.25, -0.2) is 4.99 Å². The molecule has 1 atom stereocenters. The van der Waals surface area contributed by atoms with Crippen molar-refractivity contribution in [3.05, 3.63) is 30.0 Å². The molecule has 1 amide bonds. The molecule has 0 aliphatic carbocycles. The summed E-state index contributed by atoms with van der Waals surface area (Å²) in [7, 11) is 5.20. The third-order valence-corrected chi connectivity index (χ3v) is 5.94. The van der Waals surface area contributed by atoms with Crippen LogP contribution in [0.4, 0.5) is 0 Å². The Labute approximate surface area is 185 Å². The lowest BCUT2D eigenvalue weighted by Crippen LogP contribution is -2.45. The normalized spacial score (nSPS) is 17.2. The average molecular weight is 429 g/mol. The van der Waals surface area contributed by atoms with Gasteiger partial charge in [0.2, 0.25) is 5.91 Å². The Morgan fingerprint density at radius 2 is 2.19 bits per heavy atom. The van der Waals surface area contributed by atoms with Crippen molar-refractivity contribution in [2.24, 2.45) is 4.99 Å². The molecule has 8 heteroatoms. The fourth-order valence-electron chi connectivity index (χ4n) is 4.12. The first-order valence-electron chi connectivity index (χ1n) is 11.1. The highest BCUT2D eigenvalue weighted by Crippen LogP contribution is 2.28. The fraction of sp³-hybridized carbons (Fsp3) is 0.565. The maximum atomic E-state index is 12.0. The van der Waals surface area contributed by atoms with Crippen LogP contribution in [0.1, 0.15) is 25.3 Å². The highest BCUT2D eigenvalue weighted by atomic mass is 16.5. The molecule has 0 saturated carbocycles. The third-order valence-electron chi connectivity index (χ3n) is 5.94. The van der Waals surface area contributed by atoms with Gasteiger partial charge < -0.3 is 25.3 Å². The predicted octanol–water partition coefficient (Wildman–Crippen LogP) is 1.83. The first-order chi connectivity index (χ1) is 15.0. The van der Waals surface area contributed by atoms with Crippen LogP contribution in [0, 0.1) is 0 Å². The van der Waals surface area contributed by atoms with Crippen LogP contribution in [0.5, 0.6) is 5.75 Å². The molecule has 3 N–H and O–H groups in total. The van der Waals surface area contributed by atoms with E-state index in [-0.39, 0.29) is 12.5 Å². The lowest BCUT2D eigenvalue weighted by atomic mass is 10.1. The Hall–Kier alpha value is -2.74. The summed E-state index contributed by atoms with van der Waals surface area (Å²) in [5, 5.41) is 7.98. The molecule has 1 unspecified atom stereocenters. The van der Waals surface area contributed by atoms with E-state index in [2.05, 4.69) is 38.5 Å². The van der Waals surface area contributed by atoms with Gasteiger partial charge >= 0.3 is 0 Å². The molecular formula is C23H36N6O2. The van der Waals surface area contributed by atoms with Crippen molar-refractivity contribution in [1.29, 1.82) is 0 Å². The monoisotopic (exact) mass is 428 g/mol. The summed E-state index contributed by atoms with van der Waals surface area (Å²) in [4.78, 5) is 23.9. The zero-order valence-electron chi connectivity index (χ0n) is 19.2. The third kappa shape index (κ3) is 5.91. The van der Waals surface area contributed by atoms with E-state index >= 15 is 0 Å². The van der Waals surface area contributed by atoms with Crippen LogP contribution in [0.25, 0.3) is 10.9 Å². The van der Waals surface area contributed by atoms with Crippen LogP contribution in [-0.4, -0.2) is 86.6 Å². The number of likely N-dealkylation sites (N-methyl/N-ethyl adjacent to an activating group) is 2.